The van der Waals surface area contributed by atoms with Crippen molar-refractivity contribution in [3.63, 3.8) is 0 Å². The number of nitrogens with one attached hydrogen (secondary N) is 1. The van der Waals surface area contributed by atoms with Crippen LogP contribution in [0.25, 0.3) is 0 Å². The second-order valence-corrected chi connectivity index (χ2v) is 13.9. The first-order chi connectivity index (χ1) is 14.0. The van der Waals surface area contributed by atoms with E-state index < -0.39 is 38.0 Å². The van der Waals surface area contributed by atoms with Crippen LogP contribution in [0.2, 0.25) is 18.1 Å². The number of aryl methyl sites for hydroxylation is 1. The Morgan fingerprint density at radius 1 is 1.27 bits per heavy atom. The molecule has 0 unspecified atom stereocenters. The number of aromatic nitrogens is 4. The van der Waals surface area contributed by atoms with Gasteiger partial charge in [-0.15, -0.1) is 0 Å². The first kappa shape index (κ1) is 22.4. The molecule has 2 aromatic heterocycles. The molecular formula is C20H30N4O5Si. The van der Waals surface area contributed by atoms with Crippen LogP contribution in [0.15, 0.2) is 34.2 Å². The third-order valence-corrected chi connectivity index (χ3v) is 10.4. The zero-order valence-corrected chi connectivity index (χ0v) is 19.3. The molecule has 0 aliphatic carbocycles. The number of aromatic amines is 1. The summed E-state index contributed by atoms with van der Waals surface area (Å²) in [4.78, 5) is 34.6. The van der Waals surface area contributed by atoms with Crippen molar-refractivity contribution in [3.05, 3.63) is 51.1 Å². The number of hydrogen-bond donors (Lipinski definition) is 1. The van der Waals surface area contributed by atoms with E-state index in [-0.39, 0.29) is 11.0 Å². The van der Waals surface area contributed by atoms with Crippen LogP contribution >= 0.6 is 0 Å². The second-order valence-electron chi connectivity index (χ2n) is 9.10. The molecule has 3 atom stereocenters. The maximum atomic E-state index is 12.3. The summed E-state index contributed by atoms with van der Waals surface area (Å²) in [5.74, 6) is 0. The predicted molar refractivity (Wildman–Crippen MR) is 114 cm³/mol. The Bertz CT molecular complexity index is 983. The summed E-state index contributed by atoms with van der Waals surface area (Å²) in [6, 6.07) is 1.95. The third-order valence-electron chi connectivity index (χ3n) is 5.85. The first-order valence-corrected chi connectivity index (χ1v) is 12.9. The Labute approximate surface area is 176 Å². The van der Waals surface area contributed by atoms with Gasteiger partial charge in [-0.25, -0.2) is 14.8 Å². The molecule has 9 nitrogen and oxygen atoms in total. The van der Waals surface area contributed by atoms with Gasteiger partial charge in [0.2, 0.25) is 0 Å². The number of hydrogen-bond acceptors (Lipinski definition) is 7. The minimum Gasteiger partial charge on any atom is -0.457 e. The summed E-state index contributed by atoms with van der Waals surface area (Å²) in [5.41, 5.74) is -0.489. The maximum Gasteiger partial charge on any atom is 0.330 e. The summed E-state index contributed by atoms with van der Waals surface area (Å²) in [6.45, 7) is 12.8. The van der Waals surface area contributed by atoms with Crippen molar-refractivity contribution in [2.45, 2.75) is 70.7 Å². The van der Waals surface area contributed by atoms with Crippen molar-refractivity contribution in [2.75, 3.05) is 6.61 Å². The largest absolute Gasteiger partial charge is 0.457 e. The van der Waals surface area contributed by atoms with Crippen LogP contribution < -0.4 is 16.0 Å². The monoisotopic (exact) mass is 434 g/mol. The van der Waals surface area contributed by atoms with Crippen LogP contribution in [-0.2, 0) is 9.16 Å². The van der Waals surface area contributed by atoms with Gasteiger partial charge in [-0.05, 0) is 31.1 Å². The Hall–Kier alpha value is -2.30. The van der Waals surface area contributed by atoms with E-state index in [0.29, 0.717) is 18.6 Å². The molecule has 1 aliphatic heterocycles. The molecular weight excluding hydrogens is 404 g/mol. The molecule has 1 aliphatic rings. The molecule has 0 bridgehead atoms. The van der Waals surface area contributed by atoms with E-state index in [1.54, 1.807) is 25.4 Å². The average Bonchev–Trinajstić information content (AvgIpc) is 3.05. The SMILES string of the molecule is Cc1cn([C@H]2C[C@H](Oc3ncccn3)[C@@H](CO[Si](C)(C)C(C)(C)C)O2)c(=O)[nH]c1=O. The van der Waals surface area contributed by atoms with E-state index in [2.05, 4.69) is 48.8 Å². The second kappa shape index (κ2) is 8.44. The fraction of sp³-hybridized carbons (Fsp3) is 0.600. The van der Waals surface area contributed by atoms with Crippen LogP contribution in [0, 0.1) is 6.92 Å². The lowest BCUT2D eigenvalue weighted by molar-refractivity contribution is -0.0405. The number of H-pyrrole nitrogens is 1. The number of nitrogens with zero attached hydrogens (tertiary/aromatic N) is 3. The molecule has 0 aromatic carbocycles. The summed E-state index contributed by atoms with van der Waals surface area (Å²) < 4.78 is 19.9. The number of ether oxygens (including phenoxy) is 2. The van der Waals surface area contributed by atoms with E-state index in [0.717, 1.165) is 0 Å². The van der Waals surface area contributed by atoms with Crippen molar-refractivity contribution in [1.29, 1.82) is 0 Å². The molecule has 30 heavy (non-hydrogen) atoms. The van der Waals surface area contributed by atoms with Gasteiger partial charge in [0, 0.05) is 30.6 Å². The van der Waals surface area contributed by atoms with Crippen LogP contribution in [-0.4, -0.2) is 46.7 Å². The van der Waals surface area contributed by atoms with E-state index in [1.165, 1.54) is 10.8 Å². The highest BCUT2D eigenvalue weighted by Gasteiger charge is 2.43. The van der Waals surface area contributed by atoms with Gasteiger partial charge in [-0.3, -0.25) is 14.3 Å². The van der Waals surface area contributed by atoms with Crippen molar-refractivity contribution < 1.29 is 13.9 Å². The fourth-order valence-electron chi connectivity index (χ4n) is 2.93. The summed E-state index contributed by atoms with van der Waals surface area (Å²) in [7, 11) is -2.01. The molecule has 1 saturated heterocycles. The lowest BCUT2D eigenvalue weighted by Crippen LogP contribution is -2.44. The minimum atomic E-state index is -2.01. The molecule has 10 heteroatoms. The van der Waals surface area contributed by atoms with Crippen molar-refractivity contribution in [1.82, 2.24) is 19.5 Å². The molecule has 164 valence electrons. The topological polar surface area (TPSA) is 108 Å². The third kappa shape index (κ3) is 4.88. The molecule has 2 aromatic rings. The Kier molecular flexibility index (Phi) is 6.30. The normalized spacial score (nSPS) is 22.3. The molecule has 0 spiro atoms. The zero-order chi connectivity index (χ0) is 22.1. The smallest absolute Gasteiger partial charge is 0.330 e. The molecule has 3 heterocycles. The van der Waals surface area contributed by atoms with Gasteiger partial charge in [0.25, 0.3) is 5.56 Å². The standard InChI is InChI=1S/C20H30N4O5Si/c1-13-11-24(19(26)23-17(13)25)16-10-14(29-18-21-8-7-9-22-18)15(28-16)12-27-30(5,6)20(2,3)4/h7-9,11,14-16H,10,12H2,1-6H3,(H,23,25,26)/t14-,15+,16+/m0/s1. The van der Waals surface area contributed by atoms with Gasteiger partial charge in [-0.2, -0.15) is 0 Å². The van der Waals surface area contributed by atoms with E-state index in [1.807, 2.05) is 0 Å². The molecule has 1 fully saturated rings. The van der Waals surface area contributed by atoms with E-state index in [9.17, 15) is 9.59 Å². The summed E-state index contributed by atoms with van der Waals surface area (Å²) >= 11 is 0. The van der Waals surface area contributed by atoms with Crippen molar-refractivity contribution in [2.24, 2.45) is 0 Å². The molecule has 3 rings (SSSR count). The van der Waals surface area contributed by atoms with Crippen LogP contribution in [0.1, 0.15) is 39.0 Å². The van der Waals surface area contributed by atoms with Crippen LogP contribution in [0.4, 0.5) is 0 Å². The first-order valence-electron chi connectivity index (χ1n) is 10.0. The van der Waals surface area contributed by atoms with Gasteiger partial charge in [0.1, 0.15) is 18.4 Å². The van der Waals surface area contributed by atoms with Gasteiger partial charge in [0.05, 0.1) is 6.61 Å². The summed E-state index contributed by atoms with van der Waals surface area (Å²) in [5, 5.41) is 0.0524. The molecule has 0 saturated carbocycles. The van der Waals surface area contributed by atoms with Crippen LogP contribution in [0.3, 0.4) is 0 Å². The summed E-state index contributed by atoms with van der Waals surface area (Å²) in [6.07, 6.45) is 3.72. The highest BCUT2D eigenvalue weighted by Crippen LogP contribution is 2.38. The van der Waals surface area contributed by atoms with Gasteiger partial charge < -0.3 is 13.9 Å². The fourth-order valence-corrected chi connectivity index (χ4v) is 3.95. The molecule has 1 N–H and O–H groups in total. The quantitative estimate of drug-likeness (QED) is 0.695. The maximum absolute atomic E-state index is 12.3. The van der Waals surface area contributed by atoms with E-state index in [4.69, 9.17) is 13.9 Å². The zero-order valence-electron chi connectivity index (χ0n) is 18.3. The highest BCUT2D eigenvalue weighted by atomic mass is 28.4. The lowest BCUT2D eigenvalue weighted by atomic mass is 10.2. The van der Waals surface area contributed by atoms with Crippen LogP contribution in [0.5, 0.6) is 6.01 Å². The molecule has 0 radical (unpaired) electrons. The predicted octanol–water partition coefficient (Wildman–Crippen LogP) is 2.39. The lowest BCUT2D eigenvalue weighted by Gasteiger charge is -2.37. The average molecular weight is 435 g/mol. The number of rotatable bonds is 6. The van der Waals surface area contributed by atoms with E-state index >= 15 is 0 Å². The Balaban J connectivity index is 1.83. The van der Waals surface area contributed by atoms with Crippen molar-refractivity contribution in [3.8, 4) is 6.01 Å². The van der Waals surface area contributed by atoms with Gasteiger partial charge in [-0.1, -0.05) is 20.8 Å². The molecule has 0 amide bonds. The minimum absolute atomic E-state index is 0.0524. The highest BCUT2D eigenvalue weighted by molar-refractivity contribution is 6.74. The Morgan fingerprint density at radius 3 is 2.57 bits per heavy atom. The van der Waals surface area contributed by atoms with Crippen molar-refractivity contribution >= 4 is 8.32 Å². The Morgan fingerprint density at radius 2 is 1.93 bits per heavy atom. The van der Waals surface area contributed by atoms with Gasteiger partial charge in [0.15, 0.2) is 8.32 Å². The van der Waals surface area contributed by atoms with Gasteiger partial charge >= 0.3 is 11.7 Å².